The molecule has 1 aliphatic rings. The minimum Gasteiger partial charge on any atom is -0.508 e. The Morgan fingerprint density at radius 2 is 2.00 bits per heavy atom. The Morgan fingerprint density at radius 3 is 2.41 bits per heavy atom. The van der Waals surface area contributed by atoms with Gasteiger partial charge in [-0.25, -0.2) is 0 Å². The average molecular weight is 230 g/mol. The molecule has 0 unspecified atom stereocenters. The van der Waals surface area contributed by atoms with E-state index in [1.54, 1.807) is 6.07 Å². The zero-order valence-corrected chi connectivity index (χ0v) is 10.4. The van der Waals surface area contributed by atoms with E-state index >= 15 is 0 Å². The maximum absolute atomic E-state index is 10.1. The molecule has 0 aromatic heterocycles. The first-order valence-corrected chi connectivity index (χ1v) is 6.16. The molecule has 3 heteroatoms. The minimum atomic E-state index is -0.411. The van der Waals surface area contributed by atoms with E-state index in [2.05, 4.69) is 24.8 Å². The first-order valence-electron chi connectivity index (χ1n) is 6.16. The van der Waals surface area contributed by atoms with Crippen LogP contribution < -0.4 is 4.90 Å². The van der Waals surface area contributed by atoms with Gasteiger partial charge in [0.05, 0.1) is 11.5 Å². The molecular weight excluding hydrogens is 212 g/mol. The zero-order valence-electron chi connectivity index (χ0n) is 10.4. The van der Waals surface area contributed by atoms with Crippen molar-refractivity contribution in [3.8, 4) is 11.8 Å². The fraction of sp³-hybridized carbons (Fsp3) is 0.500. The van der Waals surface area contributed by atoms with Gasteiger partial charge in [0.15, 0.2) is 0 Å². The highest BCUT2D eigenvalue weighted by molar-refractivity contribution is 5.57. The Morgan fingerprint density at radius 1 is 1.35 bits per heavy atom. The maximum atomic E-state index is 10.1. The molecule has 0 amide bonds. The Labute approximate surface area is 102 Å². The zero-order chi connectivity index (χ0) is 12.5. The largest absolute Gasteiger partial charge is 0.508 e. The summed E-state index contributed by atoms with van der Waals surface area (Å²) in [5, 5.41) is 19.2. The minimum absolute atomic E-state index is 0.258. The Hall–Kier alpha value is -1.69. The number of phenolic OH excluding ortho intramolecular Hbond substituents is 1. The molecule has 1 aromatic rings. The molecule has 0 spiro atoms. The summed E-state index contributed by atoms with van der Waals surface area (Å²) in [6.45, 7) is 6.01. The summed E-state index contributed by atoms with van der Waals surface area (Å²) in [4.78, 5) is 2.18. The lowest BCUT2D eigenvalue weighted by atomic mass is 9.96. The van der Waals surface area contributed by atoms with Crippen molar-refractivity contribution < 1.29 is 5.11 Å². The van der Waals surface area contributed by atoms with Gasteiger partial charge >= 0.3 is 0 Å². The fourth-order valence-electron chi connectivity index (χ4n) is 2.28. The lowest BCUT2D eigenvalue weighted by Crippen LogP contribution is -2.21. The van der Waals surface area contributed by atoms with Gasteiger partial charge in [0.1, 0.15) is 5.75 Å². The predicted octanol–water partition coefficient (Wildman–Crippen LogP) is 2.79. The van der Waals surface area contributed by atoms with Gasteiger partial charge in [0.25, 0.3) is 0 Å². The molecule has 0 atom stereocenters. The third kappa shape index (κ3) is 1.95. The van der Waals surface area contributed by atoms with E-state index in [4.69, 9.17) is 5.26 Å². The smallest absolute Gasteiger partial charge is 0.122 e. The SMILES string of the molecule is CCN(CC)c1ccc(C2(C#N)CC2)c(O)c1. The van der Waals surface area contributed by atoms with Crippen molar-refractivity contribution in [3.63, 3.8) is 0 Å². The van der Waals surface area contributed by atoms with Gasteiger partial charge in [-0.15, -0.1) is 0 Å². The number of phenols is 1. The monoisotopic (exact) mass is 230 g/mol. The molecule has 1 N–H and O–H groups in total. The highest BCUT2D eigenvalue weighted by atomic mass is 16.3. The molecular formula is C14H18N2O. The van der Waals surface area contributed by atoms with Crippen molar-refractivity contribution in [2.45, 2.75) is 32.1 Å². The number of nitrogens with zero attached hydrogens (tertiary/aromatic N) is 2. The molecule has 1 aliphatic carbocycles. The molecule has 0 aliphatic heterocycles. The number of rotatable bonds is 4. The summed E-state index contributed by atoms with van der Waals surface area (Å²) in [5.41, 5.74) is 1.40. The Bertz CT molecular complexity index is 454. The van der Waals surface area contributed by atoms with Crippen LogP contribution in [0, 0.1) is 11.3 Å². The molecule has 90 valence electrons. The lowest BCUT2D eigenvalue weighted by molar-refractivity contribution is 0.465. The van der Waals surface area contributed by atoms with Crippen molar-refractivity contribution in [1.82, 2.24) is 0 Å². The number of aromatic hydroxyl groups is 1. The van der Waals surface area contributed by atoms with Crippen molar-refractivity contribution in [3.05, 3.63) is 23.8 Å². The molecule has 1 aromatic carbocycles. The van der Waals surface area contributed by atoms with Crippen LogP contribution >= 0.6 is 0 Å². The second-order valence-corrected chi connectivity index (χ2v) is 4.57. The van der Waals surface area contributed by atoms with Crippen molar-refractivity contribution in [1.29, 1.82) is 5.26 Å². The normalized spacial score (nSPS) is 16.3. The third-order valence-electron chi connectivity index (χ3n) is 3.59. The number of hydrogen-bond acceptors (Lipinski definition) is 3. The number of nitriles is 1. The molecule has 0 radical (unpaired) electrons. The van der Waals surface area contributed by atoms with Crippen LogP contribution in [0.1, 0.15) is 32.3 Å². The summed E-state index contributed by atoms with van der Waals surface area (Å²) in [6.07, 6.45) is 1.73. The van der Waals surface area contributed by atoms with Gasteiger partial charge in [0.2, 0.25) is 0 Å². The Balaban J connectivity index is 2.33. The van der Waals surface area contributed by atoms with Gasteiger partial charge < -0.3 is 10.0 Å². The van der Waals surface area contributed by atoms with Gasteiger partial charge in [-0.2, -0.15) is 5.26 Å². The van der Waals surface area contributed by atoms with E-state index in [9.17, 15) is 5.11 Å². The molecule has 3 nitrogen and oxygen atoms in total. The van der Waals surface area contributed by atoms with Crippen LogP contribution in [0.5, 0.6) is 5.75 Å². The molecule has 0 bridgehead atoms. The van der Waals surface area contributed by atoms with Crippen molar-refractivity contribution in [2.24, 2.45) is 0 Å². The third-order valence-corrected chi connectivity index (χ3v) is 3.59. The molecule has 2 rings (SSSR count). The van der Waals surface area contributed by atoms with Crippen LogP contribution in [0.25, 0.3) is 0 Å². The maximum Gasteiger partial charge on any atom is 0.122 e. The van der Waals surface area contributed by atoms with Crippen molar-refractivity contribution >= 4 is 5.69 Å². The van der Waals surface area contributed by atoms with E-state index in [1.807, 2.05) is 12.1 Å². The molecule has 0 saturated heterocycles. The first kappa shape index (κ1) is 11.8. The van der Waals surface area contributed by atoms with Crippen LogP contribution in [0.2, 0.25) is 0 Å². The summed E-state index contributed by atoms with van der Waals surface area (Å²) in [7, 11) is 0. The number of anilines is 1. The molecule has 1 fully saturated rings. The highest BCUT2D eigenvalue weighted by Crippen LogP contribution is 2.51. The van der Waals surface area contributed by atoms with Crippen molar-refractivity contribution in [2.75, 3.05) is 18.0 Å². The van der Waals surface area contributed by atoms with Gasteiger partial charge in [-0.05, 0) is 32.8 Å². The van der Waals surface area contributed by atoms with Crippen LogP contribution in [0.3, 0.4) is 0 Å². The lowest BCUT2D eigenvalue weighted by Gasteiger charge is -2.22. The standard InChI is InChI=1S/C14H18N2O/c1-3-16(4-2)11-5-6-12(13(17)9-11)14(10-15)7-8-14/h5-6,9,17H,3-4,7-8H2,1-2H3. The van der Waals surface area contributed by atoms with Crippen LogP contribution in [0.15, 0.2) is 18.2 Å². The molecule has 17 heavy (non-hydrogen) atoms. The van der Waals surface area contributed by atoms with Gasteiger partial charge in [-0.3, -0.25) is 0 Å². The highest BCUT2D eigenvalue weighted by Gasteiger charge is 2.46. The topological polar surface area (TPSA) is 47.3 Å². The quantitative estimate of drug-likeness (QED) is 0.865. The van der Waals surface area contributed by atoms with E-state index in [1.165, 1.54) is 0 Å². The van der Waals surface area contributed by atoms with Crippen LogP contribution in [-0.4, -0.2) is 18.2 Å². The van der Waals surface area contributed by atoms with Gasteiger partial charge in [-0.1, -0.05) is 6.07 Å². The number of hydrogen-bond donors (Lipinski definition) is 1. The molecule has 0 heterocycles. The second-order valence-electron chi connectivity index (χ2n) is 4.57. The fourth-order valence-corrected chi connectivity index (χ4v) is 2.28. The van der Waals surface area contributed by atoms with E-state index in [0.29, 0.717) is 0 Å². The summed E-state index contributed by atoms with van der Waals surface area (Å²) < 4.78 is 0. The van der Waals surface area contributed by atoms with Crippen LogP contribution in [-0.2, 0) is 5.41 Å². The van der Waals surface area contributed by atoms with E-state index in [-0.39, 0.29) is 5.75 Å². The summed E-state index contributed by atoms with van der Waals surface area (Å²) in [5.74, 6) is 0.258. The summed E-state index contributed by atoms with van der Waals surface area (Å²) in [6, 6.07) is 7.99. The second kappa shape index (κ2) is 4.29. The first-order chi connectivity index (χ1) is 8.16. The summed E-state index contributed by atoms with van der Waals surface area (Å²) >= 11 is 0. The predicted molar refractivity (Wildman–Crippen MR) is 68.2 cm³/mol. The number of benzene rings is 1. The van der Waals surface area contributed by atoms with E-state index in [0.717, 1.165) is 37.2 Å². The Kier molecular flexibility index (Phi) is 2.97. The van der Waals surface area contributed by atoms with Crippen LogP contribution in [0.4, 0.5) is 5.69 Å². The average Bonchev–Trinajstić information content (AvgIpc) is 3.12. The molecule has 1 saturated carbocycles. The van der Waals surface area contributed by atoms with Gasteiger partial charge in [0, 0.05) is 30.4 Å². The van der Waals surface area contributed by atoms with E-state index < -0.39 is 5.41 Å².